The number of hydrogen-bond acceptors (Lipinski definition) is 6. The molecule has 0 aromatic carbocycles. The SMILES string of the molecule is C/C=C\C(C)COC(=O)N/C(C(=O)OC)=C(/CC)CCC1(C)OCCO1.C=CC. The molecule has 0 spiro atoms. The lowest BCUT2D eigenvalue weighted by Gasteiger charge is -2.23. The van der Waals surface area contributed by atoms with Gasteiger partial charge in [0, 0.05) is 12.3 Å². The quantitative estimate of drug-likeness (QED) is 0.342. The summed E-state index contributed by atoms with van der Waals surface area (Å²) in [5.41, 5.74) is 0.885. The van der Waals surface area contributed by atoms with Crippen molar-refractivity contribution < 1.29 is 28.5 Å². The number of methoxy groups -OCH3 is 1. The molecule has 1 atom stereocenters. The van der Waals surface area contributed by atoms with E-state index in [1.807, 2.05) is 46.8 Å². The maximum atomic E-state index is 12.1. The highest BCUT2D eigenvalue weighted by molar-refractivity contribution is 5.92. The Morgan fingerprint density at radius 1 is 1.28 bits per heavy atom. The van der Waals surface area contributed by atoms with Crippen molar-refractivity contribution in [2.24, 2.45) is 5.92 Å². The smallest absolute Gasteiger partial charge is 0.411 e. The van der Waals surface area contributed by atoms with Crippen LogP contribution in [0.15, 0.2) is 36.1 Å². The molecule has 0 saturated carbocycles. The fourth-order valence-corrected chi connectivity index (χ4v) is 2.67. The lowest BCUT2D eigenvalue weighted by Crippen LogP contribution is -2.32. The number of nitrogens with one attached hydrogen (secondary N) is 1. The predicted octanol–water partition coefficient (Wildman–Crippen LogP) is 4.50. The minimum absolute atomic E-state index is 0.0959. The molecule has 1 rings (SSSR count). The molecule has 0 radical (unpaired) electrons. The first kappa shape index (κ1) is 26.9. The number of amides is 1. The van der Waals surface area contributed by atoms with Crippen molar-refractivity contribution in [2.45, 2.75) is 59.7 Å². The minimum Gasteiger partial charge on any atom is -0.464 e. The highest BCUT2D eigenvalue weighted by Crippen LogP contribution is 2.27. The number of alkyl carbamates (subject to hydrolysis) is 1. The second-order valence-electron chi connectivity index (χ2n) is 6.79. The van der Waals surface area contributed by atoms with Crippen LogP contribution in [-0.2, 0) is 23.7 Å². The van der Waals surface area contributed by atoms with Crippen molar-refractivity contribution in [3.8, 4) is 0 Å². The highest BCUT2D eigenvalue weighted by atomic mass is 16.7. The van der Waals surface area contributed by atoms with E-state index in [0.29, 0.717) is 32.5 Å². The molecule has 1 unspecified atom stereocenters. The van der Waals surface area contributed by atoms with Crippen molar-refractivity contribution in [1.29, 1.82) is 0 Å². The lowest BCUT2D eigenvalue weighted by atomic mass is 10.0. The summed E-state index contributed by atoms with van der Waals surface area (Å²) >= 11 is 0. The van der Waals surface area contributed by atoms with E-state index in [9.17, 15) is 9.59 Å². The highest BCUT2D eigenvalue weighted by Gasteiger charge is 2.31. The lowest BCUT2D eigenvalue weighted by molar-refractivity contribution is -0.146. The molecular formula is C22H37NO6. The van der Waals surface area contributed by atoms with Crippen LogP contribution in [0.5, 0.6) is 0 Å². The van der Waals surface area contributed by atoms with Crippen molar-refractivity contribution in [3.63, 3.8) is 0 Å². The molecule has 1 aliphatic rings. The standard InChI is InChI=1S/C19H31NO6.C3H6/c1-6-8-14(3)13-24-18(22)20-16(17(21)23-5)15(7-2)9-10-19(4)25-11-12-26-19;1-3-2/h6,8,14H,7,9-13H2,1-5H3,(H,20,22);3H,1H2,2H3/b8-6-,16-15-;. The summed E-state index contributed by atoms with van der Waals surface area (Å²) in [6, 6.07) is 0. The van der Waals surface area contributed by atoms with E-state index in [1.165, 1.54) is 7.11 Å². The maximum Gasteiger partial charge on any atom is 0.411 e. The van der Waals surface area contributed by atoms with Gasteiger partial charge in [-0.3, -0.25) is 5.32 Å². The van der Waals surface area contributed by atoms with Crippen LogP contribution in [0.3, 0.4) is 0 Å². The Morgan fingerprint density at radius 2 is 1.86 bits per heavy atom. The van der Waals surface area contributed by atoms with E-state index in [0.717, 1.165) is 5.57 Å². The van der Waals surface area contributed by atoms with E-state index in [2.05, 4.69) is 11.9 Å². The van der Waals surface area contributed by atoms with Gasteiger partial charge in [0.1, 0.15) is 5.70 Å². The van der Waals surface area contributed by atoms with Crippen LogP contribution in [0, 0.1) is 5.92 Å². The molecule has 0 bridgehead atoms. The number of hydrogen-bond donors (Lipinski definition) is 1. The van der Waals surface area contributed by atoms with Crippen LogP contribution < -0.4 is 5.32 Å². The van der Waals surface area contributed by atoms with Gasteiger partial charge in [-0.25, -0.2) is 9.59 Å². The third kappa shape index (κ3) is 10.9. The van der Waals surface area contributed by atoms with Crippen molar-refractivity contribution in [2.75, 3.05) is 26.9 Å². The average Bonchev–Trinajstić information content (AvgIpc) is 3.12. The molecule has 0 aromatic heterocycles. The second-order valence-corrected chi connectivity index (χ2v) is 6.79. The minimum atomic E-state index is -0.674. The van der Waals surface area contributed by atoms with Crippen molar-refractivity contribution in [1.82, 2.24) is 5.32 Å². The number of allylic oxidation sites excluding steroid dienone is 3. The molecule has 166 valence electrons. The van der Waals surface area contributed by atoms with Gasteiger partial charge in [-0.15, -0.1) is 6.58 Å². The molecular weight excluding hydrogens is 374 g/mol. The van der Waals surface area contributed by atoms with Gasteiger partial charge in [0.15, 0.2) is 5.79 Å². The average molecular weight is 412 g/mol. The van der Waals surface area contributed by atoms with Crippen LogP contribution in [0.1, 0.15) is 53.9 Å². The number of carbonyl (C=O) groups is 2. The van der Waals surface area contributed by atoms with Crippen LogP contribution in [0.2, 0.25) is 0 Å². The Kier molecular flexibility index (Phi) is 13.7. The molecule has 1 heterocycles. The van der Waals surface area contributed by atoms with Crippen LogP contribution in [0.4, 0.5) is 4.79 Å². The summed E-state index contributed by atoms with van der Waals surface area (Å²) < 4.78 is 21.2. The largest absolute Gasteiger partial charge is 0.464 e. The van der Waals surface area contributed by atoms with E-state index < -0.39 is 17.8 Å². The molecule has 1 N–H and O–H groups in total. The molecule has 0 aliphatic carbocycles. The first-order valence-electron chi connectivity index (χ1n) is 9.98. The molecule has 7 nitrogen and oxygen atoms in total. The molecule has 1 saturated heterocycles. The van der Waals surface area contributed by atoms with Gasteiger partial charge in [0.25, 0.3) is 0 Å². The number of ether oxygens (including phenoxy) is 4. The molecule has 7 heteroatoms. The van der Waals surface area contributed by atoms with Gasteiger partial charge in [0.05, 0.1) is 26.9 Å². The van der Waals surface area contributed by atoms with Crippen LogP contribution in [-0.4, -0.2) is 44.8 Å². The van der Waals surface area contributed by atoms with E-state index in [1.54, 1.807) is 6.08 Å². The number of rotatable bonds is 9. The summed E-state index contributed by atoms with van der Waals surface area (Å²) in [6.45, 7) is 14.2. The normalized spacial score (nSPS) is 16.9. The molecule has 0 aromatic rings. The van der Waals surface area contributed by atoms with Crippen molar-refractivity contribution in [3.05, 3.63) is 36.1 Å². The Balaban J connectivity index is 0.00000245. The van der Waals surface area contributed by atoms with Gasteiger partial charge in [-0.1, -0.05) is 32.1 Å². The van der Waals surface area contributed by atoms with Gasteiger partial charge < -0.3 is 18.9 Å². The van der Waals surface area contributed by atoms with Gasteiger partial charge in [-0.2, -0.15) is 0 Å². The summed E-state index contributed by atoms with van der Waals surface area (Å²) in [4.78, 5) is 24.2. The monoisotopic (exact) mass is 411 g/mol. The topological polar surface area (TPSA) is 83.1 Å². The van der Waals surface area contributed by atoms with E-state index in [-0.39, 0.29) is 18.2 Å². The fourth-order valence-electron chi connectivity index (χ4n) is 2.67. The van der Waals surface area contributed by atoms with Gasteiger partial charge in [0.2, 0.25) is 0 Å². The summed E-state index contributed by atoms with van der Waals surface area (Å²) in [6.07, 6.45) is 6.60. The zero-order valence-electron chi connectivity index (χ0n) is 18.7. The fraction of sp³-hybridized carbons (Fsp3) is 0.636. The summed E-state index contributed by atoms with van der Waals surface area (Å²) in [5.74, 6) is -1.17. The first-order chi connectivity index (χ1) is 13.8. The zero-order valence-corrected chi connectivity index (χ0v) is 18.7. The Hall–Kier alpha value is -2.12. The maximum absolute atomic E-state index is 12.1. The Morgan fingerprint density at radius 3 is 2.34 bits per heavy atom. The third-order valence-corrected chi connectivity index (χ3v) is 4.17. The molecule has 1 aliphatic heterocycles. The second kappa shape index (κ2) is 14.8. The van der Waals surface area contributed by atoms with Crippen LogP contribution >= 0.6 is 0 Å². The first-order valence-corrected chi connectivity index (χ1v) is 9.98. The summed E-state index contributed by atoms with van der Waals surface area (Å²) in [7, 11) is 1.28. The van der Waals surface area contributed by atoms with Crippen molar-refractivity contribution >= 4 is 12.1 Å². The molecule has 29 heavy (non-hydrogen) atoms. The molecule has 1 fully saturated rings. The van der Waals surface area contributed by atoms with E-state index in [4.69, 9.17) is 18.9 Å². The predicted molar refractivity (Wildman–Crippen MR) is 113 cm³/mol. The number of esters is 1. The molecule has 1 amide bonds. The Bertz CT molecular complexity index is 576. The third-order valence-electron chi connectivity index (χ3n) is 4.17. The summed E-state index contributed by atoms with van der Waals surface area (Å²) in [5, 5.41) is 2.54. The van der Waals surface area contributed by atoms with Gasteiger partial charge in [-0.05, 0) is 39.2 Å². The number of carbonyl (C=O) groups excluding carboxylic acids is 2. The van der Waals surface area contributed by atoms with Crippen LogP contribution in [0.25, 0.3) is 0 Å². The van der Waals surface area contributed by atoms with Gasteiger partial charge >= 0.3 is 12.1 Å². The van der Waals surface area contributed by atoms with E-state index >= 15 is 0 Å². The Labute approximate surface area is 175 Å². The zero-order chi connectivity index (χ0) is 22.3.